The van der Waals surface area contributed by atoms with Crippen LogP contribution in [0.2, 0.25) is 0 Å². The molecular weight excluding hydrogens is 478 g/mol. The highest BCUT2D eigenvalue weighted by Crippen LogP contribution is 2.28. The second-order valence-electron chi connectivity index (χ2n) is 9.75. The van der Waals surface area contributed by atoms with Crippen LogP contribution in [-0.2, 0) is 22.6 Å². The molecule has 1 aliphatic heterocycles. The number of hydrogen-bond acceptors (Lipinski definition) is 5. The first-order valence-electron chi connectivity index (χ1n) is 12.9. The quantitative estimate of drug-likeness (QED) is 0.496. The van der Waals surface area contributed by atoms with E-state index in [0.29, 0.717) is 48.1 Å². The number of benzene rings is 2. The van der Waals surface area contributed by atoms with Crippen LogP contribution < -0.4 is 4.90 Å². The molecule has 0 aliphatic carbocycles. The Hall–Kier alpha value is -3.33. The third-order valence-corrected chi connectivity index (χ3v) is 6.93. The lowest BCUT2D eigenvalue weighted by Gasteiger charge is -2.33. The fourth-order valence-corrected chi connectivity index (χ4v) is 4.87. The molecule has 1 aliphatic rings. The van der Waals surface area contributed by atoms with Gasteiger partial charge in [-0.3, -0.25) is 9.59 Å². The van der Waals surface area contributed by atoms with Gasteiger partial charge in [0.1, 0.15) is 5.69 Å². The molecule has 1 aromatic heterocycles. The first-order chi connectivity index (χ1) is 17.8. The van der Waals surface area contributed by atoms with Gasteiger partial charge in [-0.1, -0.05) is 24.2 Å². The number of fused-ring (bicyclic) bond motifs is 2. The van der Waals surface area contributed by atoms with Gasteiger partial charge in [0.05, 0.1) is 12.1 Å². The highest BCUT2D eigenvalue weighted by molar-refractivity contribution is 5.94. The van der Waals surface area contributed by atoms with Crippen molar-refractivity contribution in [1.29, 1.82) is 0 Å². The zero-order valence-corrected chi connectivity index (χ0v) is 21.7. The zero-order chi connectivity index (χ0) is 26.5. The molecule has 4 rings (SSSR count). The third-order valence-electron chi connectivity index (χ3n) is 6.93. The number of carbonyl (C=O) groups is 2. The van der Waals surface area contributed by atoms with Gasteiger partial charge in [0.2, 0.25) is 11.8 Å². The number of anilines is 1. The Morgan fingerprint density at radius 2 is 1.70 bits per heavy atom. The summed E-state index contributed by atoms with van der Waals surface area (Å²) in [4.78, 5) is 32.0. The van der Waals surface area contributed by atoms with E-state index in [-0.39, 0.29) is 31.2 Å². The highest BCUT2D eigenvalue weighted by Gasteiger charge is 2.25. The summed E-state index contributed by atoms with van der Waals surface area (Å²) in [5, 5.41) is 4.86. The predicted molar refractivity (Wildman–Crippen MR) is 138 cm³/mol. The second-order valence-corrected chi connectivity index (χ2v) is 9.75. The lowest BCUT2D eigenvalue weighted by Crippen LogP contribution is -2.41. The first-order valence-corrected chi connectivity index (χ1v) is 12.9. The minimum absolute atomic E-state index is 0.0154. The number of carbonyl (C=O) groups excluding carboxylic acids is 2. The molecule has 7 nitrogen and oxygen atoms in total. The summed E-state index contributed by atoms with van der Waals surface area (Å²) < 4.78 is 34.2. The predicted octanol–water partition coefficient (Wildman–Crippen LogP) is 4.92. The summed E-state index contributed by atoms with van der Waals surface area (Å²) in [7, 11) is 0. The molecule has 2 amide bonds. The number of nitrogens with zero attached hydrogens (tertiary/aromatic N) is 4. The fraction of sp³-hybridized carbons (Fsp3) is 0.464. The van der Waals surface area contributed by atoms with Crippen molar-refractivity contribution in [3.8, 4) is 0 Å². The molecule has 2 heterocycles. The maximum Gasteiger partial charge on any atom is 0.229 e. The normalized spacial score (nSPS) is 15.9. The van der Waals surface area contributed by atoms with Crippen molar-refractivity contribution in [1.82, 2.24) is 15.0 Å². The van der Waals surface area contributed by atoms with E-state index in [1.807, 2.05) is 18.2 Å². The van der Waals surface area contributed by atoms with Gasteiger partial charge in [-0.05, 0) is 50.5 Å². The minimum atomic E-state index is -1.02. The summed E-state index contributed by atoms with van der Waals surface area (Å²) in [5.41, 5.74) is 1.85. The average molecular weight is 513 g/mol. The number of halogens is 2. The van der Waals surface area contributed by atoms with Crippen molar-refractivity contribution in [3.05, 3.63) is 59.3 Å². The molecule has 9 heteroatoms. The van der Waals surface area contributed by atoms with E-state index in [4.69, 9.17) is 4.52 Å². The third kappa shape index (κ3) is 6.15. The summed E-state index contributed by atoms with van der Waals surface area (Å²) in [6, 6.07) is 9.83. The van der Waals surface area contributed by atoms with Crippen LogP contribution in [0, 0.1) is 11.6 Å². The molecule has 198 valence electrons. The Kier molecular flexibility index (Phi) is 8.53. The van der Waals surface area contributed by atoms with E-state index in [9.17, 15) is 18.4 Å². The second kappa shape index (κ2) is 11.8. The van der Waals surface area contributed by atoms with Gasteiger partial charge >= 0.3 is 0 Å². The molecule has 0 saturated heterocycles. The molecular formula is C28H34F2N4O3. The van der Waals surface area contributed by atoms with E-state index in [1.54, 1.807) is 17.9 Å². The Bertz CT molecular complexity index is 1260. The van der Waals surface area contributed by atoms with E-state index in [1.165, 1.54) is 4.90 Å². The van der Waals surface area contributed by atoms with Crippen LogP contribution in [0.3, 0.4) is 0 Å². The molecule has 37 heavy (non-hydrogen) atoms. The summed E-state index contributed by atoms with van der Waals surface area (Å²) in [6.45, 7) is 8.38. The van der Waals surface area contributed by atoms with Crippen molar-refractivity contribution >= 4 is 28.5 Å². The van der Waals surface area contributed by atoms with Crippen molar-refractivity contribution in [2.45, 2.75) is 59.0 Å². The van der Waals surface area contributed by atoms with Crippen LogP contribution in [0.5, 0.6) is 0 Å². The maximum absolute atomic E-state index is 14.4. The standard InChI is InChI=1S/C28H34F2N4O3/c1-4-27(35)34-14-8-12-32(19(2)3)11-7-13-33(18-20-15-22(29)23(30)16-25(20)34)28(36)17-24-21-9-5-6-10-26(21)37-31-24/h5-6,9-10,15-16,19H,4,7-8,11-14,17-18H2,1-3H3. The summed E-state index contributed by atoms with van der Waals surface area (Å²) >= 11 is 0. The van der Waals surface area contributed by atoms with Crippen molar-refractivity contribution in [2.75, 3.05) is 31.1 Å². The Balaban J connectivity index is 1.70. The SMILES string of the molecule is CCC(=O)N1CCCN(C(C)C)CCCN(C(=O)Cc2noc3ccccc23)Cc2cc(F)c(F)cc21. The Morgan fingerprint density at radius 1 is 1.00 bits per heavy atom. The molecule has 2 aromatic carbocycles. The van der Waals surface area contributed by atoms with Gasteiger partial charge in [0.15, 0.2) is 17.2 Å². The maximum atomic E-state index is 14.4. The van der Waals surface area contributed by atoms with Crippen LogP contribution in [-0.4, -0.2) is 59.0 Å². The van der Waals surface area contributed by atoms with Gasteiger partial charge in [-0.2, -0.15) is 0 Å². The largest absolute Gasteiger partial charge is 0.356 e. The summed E-state index contributed by atoms with van der Waals surface area (Å²) in [5.74, 6) is -2.39. The number of rotatable bonds is 4. The molecule has 0 radical (unpaired) electrons. The topological polar surface area (TPSA) is 69.9 Å². The van der Waals surface area contributed by atoms with E-state index in [0.717, 1.165) is 37.0 Å². The molecule has 0 saturated carbocycles. The van der Waals surface area contributed by atoms with E-state index >= 15 is 0 Å². The van der Waals surface area contributed by atoms with Gasteiger partial charge < -0.3 is 19.2 Å². The highest BCUT2D eigenvalue weighted by atomic mass is 19.2. The smallest absolute Gasteiger partial charge is 0.229 e. The number of para-hydroxylation sites is 1. The first kappa shape index (κ1) is 26.7. The molecule has 0 spiro atoms. The Morgan fingerprint density at radius 3 is 2.43 bits per heavy atom. The van der Waals surface area contributed by atoms with Crippen LogP contribution in [0.15, 0.2) is 40.9 Å². The molecule has 0 fully saturated rings. The monoisotopic (exact) mass is 512 g/mol. The summed E-state index contributed by atoms with van der Waals surface area (Å²) in [6.07, 6.45) is 1.67. The number of hydrogen-bond donors (Lipinski definition) is 0. The van der Waals surface area contributed by atoms with Crippen LogP contribution in [0.1, 0.15) is 51.3 Å². The van der Waals surface area contributed by atoms with Gasteiger partial charge in [-0.25, -0.2) is 8.78 Å². The molecule has 3 aromatic rings. The number of aromatic nitrogens is 1. The molecule has 0 atom stereocenters. The zero-order valence-electron chi connectivity index (χ0n) is 21.7. The van der Waals surface area contributed by atoms with Gasteiger partial charge in [0, 0.05) is 56.6 Å². The van der Waals surface area contributed by atoms with E-state index < -0.39 is 11.6 Å². The molecule has 0 unspecified atom stereocenters. The van der Waals surface area contributed by atoms with Crippen LogP contribution >= 0.6 is 0 Å². The average Bonchev–Trinajstić information content (AvgIpc) is 3.28. The van der Waals surface area contributed by atoms with Crippen LogP contribution in [0.4, 0.5) is 14.5 Å². The van der Waals surface area contributed by atoms with Gasteiger partial charge in [-0.15, -0.1) is 0 Å². The van der Waals surface area contributed by atoms with Crippen molar-refractivity contribution in [3.63, 3.8) is 0 Å². The number of amides is 2. The van der Waals surface area contributed by atoms with Crippen molar-refractivity contribution < 1.29 is 22.9 Å². The lowest BCUT2D eigenvalue weighted by atomic mass is 10.1. The van der Waals surface area contributed by atoms with Crippen molar-refractivity contribution in [2.24, 2.45) is 0 Å². The van der Waals surface area contributed by atoms with E-state index in [2.05, 4.69) is 23.9 Å². The van der Waals surface area contributed by atoms with Gasteiger partial charge in [0.25, 0.3) is 0 Å². The minimum Gasteiger partial charge on any atom is -0.356 e. The lowest BCUT2D eigenvalue weighted by molar-refractivity contribution is -0.131. The fourth-order valence-electron chi connectivity index (χ4n) is 4.87. The Labute approximate surface area is 216 Å². The van der Waals surface area contributed by atoms with Crippen LogP contribution in [0.25, 0.3) is 11.0 Å². The molecule has 0 N–H and O–H groups in total. The molecule has 0 bridgehead atoms.